The molecule has 4 aromatic rings. The van der Waals surface area contributed by atoms with Crippen molar-refractivity contribution in [3.63, 3.8) is 0 Å². The Kier molecular flexibility index (Phi) is 5.47. The van der Waals surface area contributed by atoms with E-state index in [9.17, 15) is 4.79 Å². The van der Waals surface area contributed by atoms with Crippen LogP contribution in [0.4, 0.5) is 11.5 Å². The average Bonchev–Trinajstić information content (AvgIpc) is 3.30. The van der Waals surface area contributed by atoms with Crippen LogP contribution in [0.2, 0.25) is 5.02 Å². The number of hydrogen-bond donors (Lipinski definition) is 2. The lowest BCUT2D eigenvalue weighted by molar-refractivity contribution is 0.102. The number of aromatic nitrogens is 6. The van der Waals surface area contributed by atoms with Gasteiger partial charge in [0.1, 0.15) is 17.4 Å². The van der Waals surface area contributed by atoms with E-state index in [0.29, 0.717) is 27.5 Å². The Labute approximate surface area is 189 Å². The SMILES string of the molecule is COc1ncc(-c2cc(Cl)c3c(N)ncnn23)cc1C(=O)Nc1cnn(CC(C)(C)C)c1. The molecule has 0 aliphatic rings. The van der Waals surface area contributed by atoms with E-state index in [-0.39, 0.29) is 28.6 Å². The first-order chi connectivity index (χ1) is 15.2. The molecule has 0 atom stereocenters. The molecule has 166 valence electrons. The van der Waals surface area contributed by atoms with Crippen LogP contribution in [0.25, 0.3) is 16.8 Å². The fourth-order valence-corrected chi connectivity index (χ4v) is 3.63. The highest BCUT2D eigenvalue weighted by Gasteiger charge is 2.20. The normalized spacial score (nSPS) is 11.7. The van der Waals surface area contributed by atoms with Gasteiger partial charge in [-0.2, -0.15) is 10.2 Å². The Morgan fingerprint density at radius 3 is 2.72 bits per heavy atom. The van der Waals surface area contributed by atoms with Gasteiger partial charge in [-0.05, 0) is 17.5 Å². The summed E-state index contributed by atoms with van der Waals surface area (Å²) in [6.07, 6.45) is 6.30. The first kappa shape index (κ1) is 21.6. The van der Waals surface area contributed by atoms with Crippen molar-refractivity contribution in [1.82, 2.24) is 29.4 Å². The van der Waals surface area contributed by atoms with Gasteiger partial charge >= 0.3 is 0 Å². The highest BCUT2D eigenvalue weighted by Crippen LogP contribution is 2.32. The maximum atomic E-state index is 13.0. The average molecular weight is 455 g/mol. The van der Waals surface area contributed by atoms with E-state index < -0.39 is 0 Å². The molecule has 10 nitrogen and oxygen atoms in total. The number of pyridine rings is 1. The number of fused-ring (bicyclic) bond motifs is 1. The molecule has 11 heteroatoms. The number of methoxy groups -OCH3 is 1. The molecule has 0 aliphatic heterocycles. The summed E-state index contributed by atoms with van der Waals surface area (Å²) in [5.74, 6) is 0.0602. The minimum atomic E-state index is -0.382. The molecule has 4 aromatic heterocycles. The number of amides is 1. The van der Waals surface area contributed by atoms with Crippen molar-refractivity contribution in [2.24, 2.45) is 5.41 Å². The van der Waals surface area contributed by atoms with E-state index in [1.165, 1.54) is 13.4 Å². The molecule has 4 rings (SSSR count). The lowest BCUT2D eigenvalue weighted by Gasteiger charge is -2.17. The van der Waals surface area contributed by atoms with Crippen molar-refractivity contribution in [1.29, 1.82) is 0 Å². The molecule has 3 N–H and O–H groups in total. The number of nitrogens with one attached hydrogen (secondary N) is 1. The van der Waals surface area contributed by atoms with Crippen LogP contribution < -0.4 is 15.8 Å². The van der Waals surface area contributed by atoms with Gasteiger partial charge in [0.05, 0.1) is 29.7 Å². The van der Waals surface area contributed by atoms with E-state index in [1.807, 2.05) is 0 Å². The van der Waals surface area contributed by atoms with E-state index in [2.05, 4.69) is 46.3 Å². The van der Waals surface area contributed by atoms with Crippen molar-refractivity contribution < 1.29 is 9.53 Å². The smallest absolute Gasteiger partial charge is 0.261 e. The number of nitrogens with two attached hydrogens (primary N) is 1. The van der Waals surface area contributed by atoms with Gasteiger partial charge in [0, 0.05) is 24.5 Å². The zero-order valence-electron chi connectivity index (χ0n) is 18.1. The molecule has 0 radical (unpaired) electrons. The minimum absolute atomic E-state index is 0.0585. The van der Waals surface area contributed by atoms with Gasteiger partial charge in [0.15, 0.2) is 5.82 Å². The maximum absolute atomic E-state index is 13.0. The highest BCUT2D eigenvalue weighted by molar-refractivity contribution is 6.35. The van der Waals surface area contributed by atoms with Crippen LogP contribution in [-0.4, -0.2) is 42.4 Å². The van der Waals surface area contributed by atoms with Crippen molar-refractivity contribution in [3.05, 3.63) is 47.6 Å². The van der Waals surface area contributed by atoms with Crippen LogP contribution in [-0.2, 0) is 6.54 Å². The Hall–Kier alpha value is -3.66. The van der Waals surface area contributed by atoms with Crippen molar-refractivity contribution >= 4 is 34.5 Å². The fraction of sp³-hybridized carbons (Fsp3) is 0.286. The predicted octanol–water partition coefficient (Wildman–Crippen LogP) is 3.53. The number of rotatable bonds is 5. The largest absolute Gasteiger partial charge is 0.480 e. The molecule has 0 spiro atoms. The Morgan fingerprint density at radius 2 is 2.00 bits per heavy atom. The summed E-state index contributed by atoms with van der Waals surface area (Å²) in [5.41, 5.74) is 8.52. The molecule has 32 heavy (non-hydrogen) atoms. The molecule has 1 amide bonds. The number of anilines is 2. The summed E-state index contributed by atoms with van der Waals surface area (Å²) >= 11 is 6.33. The van der Waals surface area contributed by atoms with Crippen molar-refractivity contribution in [2.45, 2.75) is 27.3 Å². The maximum Gasteiger partial charge on any atom is 0.261 e. The molecule has 0 saturated carbocycles. The van der Waals surface area contributed by atoms with E-state index in [0.717, 1.165) is 6.54 Å². The summed E-state index contributed by atoms with van der Waals surface area (Å²) in [4.78, 5) is 21.3. The number of ether oxygens (including phenoxy) is 1. The van der Waals surface area contributed by atoms with Gasteiger partial charge in [0.25, 0.3) is 5.91 Å². The summed E-state index contributed by atoms with van der Waals surface area (Å²) in [6.45, 7) is 7.07. The minimum Gasteiger partial charge on any atom is -0.480 e. The molecular formula is C21H23ClN8O2. The van der Waals surface area contributed by atoms with Gasteiger partial charge in [-0.3, -0.25) is 9.48 Å². The monoisotopic (exact) mass is 454 g/mol. The molecule has 0 bridgehead atoms. The number of halogens is 1. The predicted molar refractivity (Wildman–Crippen MR) is 122 cm³/mol. The Morgan fingerprint density at radius 1 is 1.22 bits per heavy atom. The van der Waals surface area contributed by atoms with Crippen LogP contribution in [0.3, 0.4) is 0 Å². The number of nitrogen functional groups attached to an aromatic ring is 1. The van der Waals surface area contributed by atoms with Crippen LogP contribution >= 0.6 is 11.6 Å². The molecular weight excluding hydrogens is 432 g/mol. The first-order valence-corrected chi connectivity index (χ1v) is 10.2. The summed E-state index contributed by atoms with van der Waals surface area (Å²) < 4.78 is 8.66. The number of carbonyl (C=O) groups is 1. The molecule has 0 fully saturated rings. The third kappa shape index (κ3) is 4.22. The summed E-state index contributed by atoms with van der Waals surface area (Å²) in [5, 5.41) is 11.8. The number of nitrogens with zero attached hydrogens (tertiary/aromatic N) is 6. The second-order valence-electron chi connectivity index (χ2n) is 8.51. The van der Waals surface area contributed by atoms with Crippen LogP contribution in [0.15, 0.2) is 37.1 Å². The lowest BCUT2D eigenvalue weighted by Crippen LogP contribution is -2.16. The van der Waals surface area contributed by atoms with E-state index >= 15 is 0 Å². The van der Waals surface area contributed by atoms with E-state index in [1.54, 1.807) is 39.9 Å². The fourth-order valence-electron chi connectivity index (χ4n) is 3.35. The Balaban J connectivity index is 1.68. The van der Waals surface area contributed by atoms with Crippen LogP contribution in [0.1, 0.15) is 31.1 Å². The third-order valence-electron chi connectivity index (χ3n) is 4.65. The topological polar surface area (TPSA) is 125 Å². The zero-order chi connectivity index (χ0) is 23.0. The Bertz CT molecular complexity index is 1310. The van der Waals surface area contributed by atoms with Gasteiger partial charge in [0.2, 0.25) is 5.88 Å². The molecule has 0 saturated heterocycles. The van der Waals surface area contributed by atoms with Crippen molar-refractivity contribution in [3.8, 4) is 17.1 Å². The molecule has 0 aromatic carbocycles. The summed E-state index contributed by atoms with van der Waals surface area (Å²) in [7, 11) is 1.46. The second kappa shape index (κ2) is 8.12. The van der Waals surface area contributed by atoms with Crippen molar-refractivity contribution in [2.75, 3.05) is 18.2 Å². The number of carbonyl (C=O) groups excluding carboxylic acids is 1. The van der Waals surface area contributed by atoms with Crippen LogP contribution in [0, 0.1) is 5.41 Å². The molecule has 0 aliphatic carbocycles. The summed E-state index contributed by atoms with van der Waals surface area (Å²) in [6, 6.07) is 3.36. The molecule has 4 heterocycles. The van der Waals surface area contributed by atoms with Gasteiger partial charge in [-0.15, -0.1) is 0 Å². The zero-order valence-corrected chi connectivity index (χ0v) is 18.9. The van der Waals surface area contributed by atoms with Gasteiger partial charge < -0.3 is 15.8 Å². The number of hydrogen-bond acceptors (Lipinski definition) is 7. The second-order valence-corrected chi connectivity index (χ2v) is 8.91. The first-order valence-electron chi connectivity index (χ1n) is 9.82. The van der Waals surface area contributed by atoms with Gasteiger partial charge in [-0.25, -0.2) is 14.5 Å². The highest BCUT2D eigenvalue weighted by atomic mass is 35.5. The van der Waals surface area contributed by atoms with Gasteiger partial charge in [-0.1, -0.05) is 32.4 Å². The molecule has 0 unspecified atom stereocenters. The van der Waals surface area contributed by atoms with Crippen LogP contribution in [0.5, 0.6) is 5.88 Å². The quantitative estimate of drug-likeness (QED) is 0.472. The third-order valence-corrected chi connectivity index (χ3v) is 4.94. The lowest BCUT2D eigenvalue weighted by atomic mass is 9.97. The van der Waals surface area contributed by atoms with E-state index in [4.69, 9.17) is 22.1 Å². The standard InChI is InChI=1S/C21H23ClN8O2/c1-21(2,3)10-29-9-13(8-26-29)28-19(31)14-5-12(7-24-20(14)32-4)16-6-15(22)17-18(23)25-11-27-30(16)17/h5-9,11H,10H2,1-4H3,(H,28,31)(H2,23,25,27).